The van der Waals surface area contributed by atoms with Gasteiger partial charge in [-0.1, -0.05) is 60.2 Å². The van der Waals surface area contributed by atoms with Gasteiger partial charge in [-0.3, -0.25) is 9.36 Å². The largest absolute Gasteiger partial charge is 0.296 e. The first kappa shape index (κ1) is 18.6. The van der Waals surface area contributed by atoms with E-state index in [1.807, 2.05) is 51.1 Å². The van der Waals surface area contributed by atoms with Crippen LogP contribution in [0.15, 0.2) is 66.7 Å². The molecule has 0 bridgehead atoms. The molecule has 0 N–H and O–H groups in total. The smallest absolute Gasteiger partial charge is 0.225 e. The maximum Gasteiger partial charge on any atom is 0.225 e. The van der Waals surface area contributed by atoms with Crippen molar-refractivity contribution in [2.24, 2.45) is 0 Å². The molecule has 0 aliphatic heterocycles. The second-order valence-electron chi connectivity index (χ2n) is 6.52. The molecule has 0 saturated heterocycles. The lowest BCUT2D eigenvalue weighted by Gasteiger charge is -2.13. The summed E-state index contributed by atoms with van der Waals surface area (Å²) in [6.07, 6.45) is 0. The van der Waals surface area contributed by atoms with Crippen LogP contribution in [-0.2, 0) is 4.57 Å². The zero-order valence-electron chi connectivity index (χ0n) is 15.0. The van der Waals surface area contributed by atoms with Crippen LogP contribution in [0.2, 0.25) is 0 Å². The summed E-state index contributed by atoms with van der Waals surface area (Å²) in [5, 5.41) is 1.12. The molecule has 0 saturated carbocycles. The number of benzene rings is 3. The SMILES string of the molecule is Cc1cc(C)c(C(=O)c2ccc(P(=O)(Cl)c3ccccc3)cc2)c(C)c1. The Balaban J connectivity index is 1.96. The highest BCUT2D eigenvalue weighted by atomic mass is 35.7. The normalized spacial score (nSPS) is 13.2. The molecule has 26 heavy (non-hydrogen) atoms. The van der Waals surface area contributed by atoms with Crippen LogP contribution in [0.5, 0.6) is 0 Å². The minimum Gasteiger partial charge on any atom is -0.296 e. The average Bonchev–Trinajstić information content (AvgIpc) is 2.61. The molecule has 0 fully saturated rings. The van der Waals surface area contributed by atoms with Crippen molar-refractivity contribution in [3.8, 4) is 0 Å². The van der Waals surface area contributed by atoms with Gasteiger partial charge < -0.3 is 0 Å². The molecule has 0 amide bonds. The minimum atomic E-state index is -3.18. The van der Waals surface area contributed by atoms with Crippen LogP contribution >= 0.6 is 17.7 Å². The Kier molecular flexibility index (Phi) is 5.18. The Labute approximate surface area is 159 Å². The third kappa shape index (κ3) is 3.53. The first-order valence-corrected chi connectivity index (χ1v) is 11.0. The van der Waals surface area contributed by atoms with Gasteiger partial charge in [-0.2, -0.15) is 0 Å². The average molecular weight is 383 g/mol. The minimum absolute atomic E-state index is 0.0318. The number of hydrogen-bond donors (Lipinski definition) is 0. The van der Waals surface area contributed by atoms with Gasteiger partial charge in [-0.05, 0) is 55.3 Å². The number of aryl methyl sites for hydroxylation is 3. The zero-order valence-corrected chi connectivity index (χ0v) is 16.6. The first-order chi connectivity index (χ1) is 12.3. The van der Waals surface area contributed by atoms with E-state index in [0.717, 1.165) is 22.3 Å². The summed E-state index contributed by atoms with van der Waals surface area (Å²) < 4.78 is 13.0. The van der Waals surface area contributed by atoms with Crippen LogP contribution in [-0.4, -0.2) is 5.78 Å². The molecule has 132 valence electrons. The summed E-state index contributed by atoms with van der Waals surface area (Å²) in [5.74, 6) is -0.0318. The molecular formula is C22H20ClO2P. The van der Waals surface area contributed by atoms with E-state index in [1.54, 1.807) is 36.4 Å². The second kappa shape index (κ2) is 7.23. The van der Waals surface area contributed by atoms with Crippen molar-refractivity contribution in [3.63, 3.8) is 0 Å². The van der Waals surface area contributed by atoms with Crippen LogP contribution in [0.1, 0.15) is 32.6 Å². The molecule has 3 aromatic carbocycles. The van der Waals surface area contributed by atoms with Gasteiger partial charge >= 0.3 is 0 Å². The van der Waals surface area contributed by atoms with Crippen LogP contribution in [0.4, 0.5) is 0 Å². The Morgan fingerprint density at radius 1 is 0.808 bits per heavy atom. The molecule has 0 aliphatic carbocycles. The second-order valence-corrected chi connectivity index (χ2v) is 10.0. The topological polar surface area (TPSA) is 34.1 Å². The molecule has 3 rings (SSSR count). The Morgan fingerprint density at radius 2 is 1.31 bits per heavy atom. The fraction of sp³-hybridized carbons (Fsp3) is 0.136. The Bertz CT molecular complexity index is 985. The summed E-state index contributed by atoms with van der Waals surface area (Å²) in [7, 11) is 0. The fourth-order valence-electron chi connectivity index (χ4n) is 3.26. The summed E-state index contributed by atoms with van der Waals surface area (Å²) in [6, 6.07) is 19.8. The molecule has 0 radical (unpaired) electrons. The Morgan fingerprint density at radius 3 is 1.85 bits per heavy atom. The third-order valence-corrected chi connectivity index (χ3v) is 7.55. The van der Waals surface area contributed by atoms with Gasteiger partial charge in [0.25, 0.3) is 0 Å². The van der Waals surface area contributed by atoms with Gasteiger partial charge in [-0.25, -0.2) is 0 Å². The standard InChI is InChI=1S/C22H20ClO2P/c1-15-13-16(2)21(17(3)14-15)22(24)18-9-11-20(12-10-18)26(23,25)19-7-5-4-6-8-19/h4-14H,1-3H3. The predicted molar refractivity (Wildman–Crippen MR) is 110 cm³/mol. The van der Waals surface area contributed by atoms with Crippen molar-refractivity contribution >= 4 is 34.1 Å². The van der Waals surface area contributed by atoms with Crippen molar-refractivity contribution in [2.45, 2.75) is 20.8 Å². The van der Waals surface area contributed by atoms with E-state index < -0.39 is 6.49 Å². The molecule has 0 heterocycles. The van der Waals surface area contributed by atoms with E-state index in [-0.39, 0.29) is 5.78 Å². The van der Waals surface area contributed by atoms with E-state index >= 15 is 0 Å². The molecule has 1 unspecified atom stereocenters. The van der Waals surface area contributed by atoms with E-state index in [9.17, 15) is 9.36 Å². The maximum atomic E-state index is 13.0. The summed E-state index contributed by atoms with van der Waals surface area (Å²) in [5.41, 5.74) is 4.35. The van der Waals surface area contributed by atoms with Gasteiger partial charge in [0.15, 0.2) is 5.78 Å². The van der Waals surface area contributed by atoms with Crippen molar-refractivity contribution in [1.82, 2.24) is 0 Å². The van der Waals surface area contributed by atoms with Crippen molar-refractivity contribution in [3.05, 3.63) is 94.5 Å². The van der Waals surface area contributed by atoms with Crippen LogP contribution in [0.3, 0.4) is 0 Å². The predicted octanol–water partition coefficient (Wildman–Crippen LogP) is 5.31. The van der Waals surface area contributed by atoms with E-state index in [1.165, 1.54) is 0 Å². The molecule has 1 atom stereocenters. The van der Waals surface area contributed by atoms with Crippen molar-refractivity contribution in [2.75, 3.05) is 0 Å². The summed E-state index contributed by atoms with van der Waals surface area (Å²) in [6.45, 7) is 2.73. The highest BCUT2D eigenvalue weighted by Gasteiger charge is 2.24. The lowest BCUT2D eigenvalue weighted by Crippen LogP contribution is -2.13. The summed E-state index contributed by atoms with van der Waals surface area (Å²) >= 11 is 6.37. The van der Waals surface area contributed by atoms with Crippen LogP contribution < -0.4 is 10.6 Å². The van der Waals surface area contributed by atoms with E-state index in [2.05, 4.69) is 0 Å². The number of hydrogen-bond acceptors (Lipinski definition) is 2. The molecule has 0 aliphatic rings. The third-order valence-electron chi connectivity index (χ3n) is 4.45. The van der Waals surface area contributed by atoms with Crippen LogP contribution in [0.25, 0.3) is 0 Å². The molecule has 3 aromatic rings. The highest BCUT2D eigenvalue weighted by Crippen LogP contribution is 2.48. The van der Waals surface area contributed by atoms with Crippen molar-refractivity contribution < 1.29 is 9.36 Å². The summed E-state index contributed by atoms with van der Waals surface area (Å²) in [4.78, 5) is 12.9. The van der Waals surface area contributed by atoms with Gasteiger partial charge in [0, 0.05) is 21.7 Å². The highest BCUT2D eigenvalue weighted by molar-refractivity contribution is 8.00. The molecule has 0 aromatic heterocycles. The number of rotatable bonds is 4. The molecule has 0 spiro atoms. The van der Waals surface area contributed by atoms with E-state index in [0.29, 0.717) is 16.2 Å². The first-order valence-electron chi connectivity index (χ1n) is 8.39. The quantitative estimate of drug-likeness (QED) is 0.452. The molecule has 4 heteroatoms. The number of halogens is 1. The number of carbonyl (C=O) groups excluding carboxylic acids is 1. The monoisotopic (exact) mass is 382 g/mol. The van der Waals surface area contributed by atoms with Gasteiger partial charge in [0.2, 0.25) is 6.49 Å². The molecule has 2 nitrogen and oxygen atoms in total. The number of carbonyl (C=O) groups is 1. The maximum absolute atomic E-state index is 13.0. The number of ketones is 1. The van der Waals surface area contributed by atoms with Crippen molar-refractivity contribution in [1.29, 1.82) is 0 Å². The Hall–Kier alpha value is -2.15. The lowest BCUT2D eigenvalue weighted by atomic mass is 9.93. The zero-order chi connectivity index (χ0) is 18.9. The lowest BCUT2D eigenvalue weighted by molar-refractivity contribution is 0.103. The van der Waals surface area contributed by atoms with Gasteiger partial charge in [0.05, 0.1) is 0 Å². The molecular weight excluding hydrogens is 363 g/mol. The van der Waals surface area contributed by atoms with Crippen LogP contribution in [0, 0.1) is 20.8 Å². The fourth-order valence-corrected chi connectivity index (χ4v) is 5.32. The van der Waals surface area contributed by atoms with E-state index in [4.69, 9.17) is 11.2 Å². The van der Waals surface area contributed by atoms with Gasteiger partial charge in [0.1, 0.15) is 0 Å². The van der Waals surface area contributed by atoms with Gasteiger partial charge in [-0.15, -0.1) is 0 Å².